The molecule has 1 aliphatic heterocycles. The van der Waals surface area contributed by atoms with E-state index in [2.05, 4.69) is 15.6 Å². The monoisotopic (exact) mass is 338 g/mol. The number of likely N-dealkylation sites (tertiary alicyclic amines) is 1. The quantitative estimate of drug-likeness (QED) is 0.859. The van der Waals surface area contributed by atoms with Gasteiger partial charge < -0.3 is 14.2 Å². The molecule has 6 heteroatoms. The fraction of sp³-hybridized carbons (Fsp3) is 0.421. The van der Waals surface area contributed by atoms with E-state index < -0.39 is 0 Å². The van der Waals surface area contributed by atoms with E-state index >= 15 is 0 Å². The number of carbonyl (C=O) groups excluding carboxylic acids is 1. The standard InChI is InChI=1S/C19H22N4O2/c1-14-11-21-18(13-25-2)23(14)17-4-3-9-22(12-17)19(24)16-7-5-15(10-20)6-8-16/h5-8,11,17H,3-4,9,12-13H2,1-2H3. The Morgan fingerprint density at radius 1 is 1.40 bits per heavy atom. The highest BCUT2D eigenvalue weighted by Crippen LogP contribution is 2.26. The maximum Gasteiger partial charge on any atom is 0.253 e. The smallest absolute Gasteiger partial charge is 0.253 e. The maximum atomic E-state index is 12.8. The Morgan fingerprint density at radius 3 is 2.84 bits per heavy atom. The number of piperidine rings is 1. The molecular formula is C19H22N4O2. The first-order valence-electron chi connectivity index (χ1n) is 8.45. The molecule has 0 saturated carbocycles. The summed E-state index contributed by atoms with van der Waals surface area (Å²) >= 11 is 0. The zero-order chi connectivity index (χ0) is 17.8. The summed E-state index contributed by atoms with van der Waals surface area (Å²) in [6, 6.07) is 9.11. The molecule has 0 radical (unpaired) electrons. The number of hydrogen-bond acceptors (Lipinski definition) is 4. The van der Waals surface area contributed by atoms with Crippen LogP contribution in [0.4, 0.5) is 0 Å². The Bertz CT molecular complexity index is 789. The van der Waals surface area contributed by atoms with Gasteiger partial charge >= 0.3 is 0 Å². The van der Waals surface area contributed by atoms with Crippen molar-refractivity contribution in [2.75, 3.05) is 20.2 Å². The van der Waals surface area contributed by atoms with Crippen LogP contribution in [-0.4, -0.2) is 40.6 Å². The average molecular weight is 338 g/mol. The van der Waals surface area contributed by atoms with E-state index in [-0.39, 0.29) is 11.9 Å². The third-order valence-corrected chi connectivity index (χ3v) is 4.64. The first-order chi connectivity index (χ1) is 12.1. The van der Waals surface area contributed by atoms with Gasteiger partial charge in [-0.05, 0) is 44.0 Å². The van der Waals surface area contributed by atoms with E-state index in [4.69, 9.17) is 10.00 Å². The lowest BCUT2D eigenvalue weighted by atomic mass is 10.0. The fourth-order valence-electron chi connectivity index (χ4n) is 3.45. The number of nitrogens with zero attached hydrogens (tertiary/aromatic N) is 4. The second-order valence-corrected chi connectivity index (χ2v) is 6.36. The molecule has 2 aromatic rings. The summed E-state index contributed by atoms with van der Waals surface area (Å²) in [6.45, 7) is 3.91. The number of rotatable bonds is 4. The minimum absolute atomic E-state index is 0.0141. The third-order valence-electron chi connectivity index (χ3n) is 4.64. The largest absolute Gasteiger partial charge is 0.377 e. The van der Waals surface area contributed by atoms with Crippen molar-refractivity contribution < 1.29 is 9.53 Å². The van der Waals surface area contributed by atoms with Crippen LogP contribution in [0.15, 0.2) is 30.5 Å². The summed E-state index contributed by atoms with van der Waals surface area (Å²) < 4.78 is 7.44. The molecule has 2 heterocycles. The van der Waals surface area contributed by atoms with Gasteiger partial charge in [-0.2, -0.15) is 5.26 Å². The third kappa shape index (κ3) is 3.57. The number of imidazole rings is 1. The summed E-state index contributed by atoms with van der Waals surface area (Å²) in [7, 11) is 1.66. The Hall–Kier alpha value is -2.65. The number of carbonyl (C=O) groups is 1. The number of amides is 1. The van der Waals surface area contributed by atoms with Crippen LogP contribution in [0, 0.1) is 18.3 Å². The van der Waals surface area contributed by atoms with Gasteiger partial charge in [0.15, 0.2) is 0 Å². The highest BCUT2D eigenvalue weighted by molar-refractivity contribution is 5.94. The van der Waals surface area contributed by atoms with Crippen LogP contribution in [-0.2, 0) is 11.3 Å². The van der Waals surface area contributed by atoms with E-state index in [0.29, 0.717) is 24.3 Å². The van der Waals surface area contributed by atoms with Crippen LogP contribution >= 0.6 is 0 Å². The second kappa shape index (κ2) is 7.49. The van der Waals surface area contributed by atoms with Gasteiger partial charge in [-0.3, -0.25) is 4.79 Å². The molecule has 1 saturated heterocycles. The first kappa shape index (κ1) is 17.2. The lowest BCUT2D eigenvalue weighted by Crippen LogP contribution is -2.41. The predicted octanol–water partition coefficient (Wildman–Crippen LogP) is 2.69. The second-order valence-electron chi connectivity index (χ2n) is 6.36. The van der Waals surface area contributed by atoms with Gasteiger partial charge in [0.1, 0.15) is 12.4 Å². The summed E-state index contributed by atoms with van der Waals surface area (Å²) in [5.41, 5.74) is 2.27. The van der Waals surface area contributed by atoms with Crippen LogP contribution < -0.4 is 0 Å². The summed E-state index contributed by atoms with van der Waals surface area (Å²) in [6.07, 6.45) is 3.83. The molecule has 1 unspecified atom stereocenters. The molecule has 1 aromatic carbocycles. The molecule has 130 valence electrons. The molecule has 1 aliphatic rings. The van der Waals surface area contributed by atoms with Gasteiger partial charge in [-0.25, -0.2) is 4.98 Å². The van der Waals surface area contributed by atoms with Crippen LogP contribution in [0.5, 0.6) is 0 Å². The lowest BCUT2D eigenvalue weighted by molar-refractivity contribution is 0.0672. The van der Waals surface area contributed by atoms with Crippen molar-refractivity contribution in [2.24, 2.45) is 0 Å². The van der Waals surface area contributed by atoms with Crippen LogP contribution in [0.2, 0.25) is 0 Å². The van der Waals surface area contributed by atoms with Gasteiger partial charge in [0, 0.05) is 37.7 Å². The van der Waals surface area contributed by atoms with Gasteiger partial charge in [0.2, 0.25) is 0 Å². The van der Waals surface area contributed by atoms with Gasteiger partial charge in [-0.1, -0.05) is 0 Å². The highest BCUT2D eigenvalue weighted by atomic mass is 16.5. The summed E-state index contributed by atoms with van der Waals surface area (Å²) in [4.78, 5) is 19.1. The number of hydrogen-bond donors (Lipinski definition) is 0. The van der Waals surface area contributed by atoms with Crippen molar-refractivity contribution in [3.63, 3.8) is 0 Å². The van der Waals surface area contributed by atoms with Crippen molar-refractivity contribution >= 4 is 5.91 Å². The van der Waals surface area contributed by atoms with Gasteiger partial charge in [-0.15, -0.1) is 0 Å². The molecule has 6 nitrogen and oxygen atoms in total. The molecule has 3 rings (SSSR count). The number of aromatic nitrogens is 2. The Kier molecular flexibility index (Phi) is 5.15. The van der Waals surface area contributed by atoms with Crippen LogP contribution in [0.25, 0.3) is 0 Å². The van der Waals surface area contributed by atoms with Crippen molar-refractivity contribution in [3.8, 4) is 6.07 Å². The molecule has 1 fully saturated rings. The van der Waals surface area contributed by atoms with Crippen LogP contribution in [0.1, 0.15) is 46.3 Å². The molecule has 0 spiro atoms. The zero-order valence-electron chi connectivity index (χ0n) is 14.6. The van der Waals surface area contributed by atoms with Gasteiger partial charge in [0.05, 0.1) is 17.7 Å². The van der Waals surface area contributed by atoms with Crippen molar-refractivity contribution in [1.29, 1.82) is 5.26 Å². The topological polar surface area (TPSA) is 71.2 Å². The van der Waals surface area contributed by atoms with Crippen molar-refractivity contribution in [3.05, 3.63) is 53.1 Å². The first-order valence-corrected chi connectivity index (χ1v) is 8.45. The molecular weight excluding hydrogens is 316 g/mol. The van der Waals surface area contributed by atoms with E-state index in [0.717, 1.165) is 30.9 Å². The maximum absolute atomic E-state index is 12.8. The van der Waals surface area contributed by atoms with Crippen molar-refractivity contribution in [1.82, 2.24) is 14.5 Å². The molecule has 1 amide bonds. The number of ether oxygens (including phenoxy) is 1. The Labute approximate surface area is 147 Å². The lowest BCUT2D eigenvalue weighted by Gasteiger charge is -2.34. The van der Waals surface area contributed by atoms with E-state index in [9.17, 15) is 4.79 Å². The molecule has 1 atom stereocenters. The Balaban J connectivity index is 1.78. The summed E-state index contributed by atoms with van der Waals surface area (Å²) in [5, 5.41) is 8.89. The zero-order valence-corrected chi connectivity index (χ0v) is 14.6. The van der Waals surface area contributed by atoms with Gasteiger partial charge in [0.25, 0.3) is 5.91 Å². The molecule has 1 aromatic heterocycles. The minimum Gasteiger partial charge on any atom is -0.377 e. The number of aryl methyl sites for hydroxylation is 1. The predicted molar refractivity (Wildman–Crippen MR) is 93.0 cm³/mol. The van der Waals surface area contributed by atoms with E-state index in [1.165, 1.54) is 0 Å². The normalized spacial score (nSPS) is 17.3. The van der Waals surface area contributed by atoms with E-state index in [1.54, 1.807) is 31.4 Å². The van der Waals surface area contributed by atoms with Crippen molar-refractivity contribution in [2.45, 2.75) is 32.4 Å². The number of nitriles is 1. The molecule has 0 aliphatic carbocycles. The fourth-order valence-corrected chi connectivity index (χ4v) is 3.45. The highest BCUT2D eigenvalue weighted by Gasteiger charge is 2.27. The van der Waals surface area contributed by atoms with Crippen LogP contribution in [0.3, 0.4) is 0 Å². The Morgan fingerprint density at radius 2 is 2.16 bits per heavy atom. The SMILES string of the molecule is COCc1ncc(C)n1C1CCCN(C(=O)c2ccc(C#N)cc2)C1. The molecule has 0 N–H and O–H groups in total. The average Bonchev–Trinajstić information content (AvgIpc) is 3.02. The molecule has 0 bridgehead atoms. The number of benzene rings is 1. The van der Waals surface area contributed by atoms with E-state index in [1.807, 2.05) is 18.0 Å². The number of methoxy groups -OCH3 is 1. The summed E-state index contributed by atoms with van der Waals surface area (Å²) in [5.74, 6) is 0.915. The minimum atomic E-state index is 0.0141. The molecule has 25 heavy (non-hydrogen) atoms.